The van der Waals surface area contributed by atoms with Crippen LogP contribution in [-0.2, 0) is 9.47 Å². The Morgan fingerprint density at radius 2 is 2.04 bits per heavy atom. The van der Waals surface area contributed by atoms with E-state index >= 15 is 0 Å². The third-order valence-corrected chi connectivity index (χ3v) is 4.56. The fourth-order valence-corrected chi connectivity index (χ4v) is 2.88. The zero-order valence-corrected chi connectivity index (χ0v) is 17.0. The first-order chi connectivity index (χ1) is 13.6. The van der Waals surface area contributed by atoms with Gasteiger partial charge in [-0.2, -0.15) is 0 Å². The molecular weight excluding hydrogens is 362 g/mol. The second kappa shape index (κ2) is 11.6. The second-order valence-electron chi connectivity index (χ2n) is 6.63. The van der Waals surface area contributed by atoms with Gasteiger partial charge in [0, 0.05) is 52.2 Å². The number of carbonyl (C=O) groups is 1. The van der Waals surface area contributed by atoms with Gasteiger partial charge in [-0.15, -0.1) is 0 Å². The number of hydrogen-bond acceptors (Lipinski definition) is 7. The maximum Gasteiger partial charge on any atom is 0.257 e. The lowest BCUT2D eigenvalue weighted by Crippen LogP contribution is -2.28. The minimum absolute atomic E-state index is 0.00903. The van der Waals surface area contributed by atoms with Gasteiger partial charge in [0.2, 0.25) is 0 Å². The fourth-order valence-electron chi connectivity index (χ4n) is 2.88. The smallest absolute Gasteiger partial charge is 0.257 e. The third-order valence-electron chi connectivity index (χ3n) is 4.56. The van der Waals surface area contributed by atoms with Crippen LogP contribution in [0.15, 0.2) is 17.1 Å². The van der Waals surface area contributed by atoms with Crippen molar-refractivity contribution < 1.29 is 23.7 Å². The quantitative estimate of drug-likeness (QED) is 0.578. The normalized spacial score (nSPS) is 14.7. The molecule has 0 saturated carbocycles. The monoisotopic (exact) mass is 393 g/mol. The molecule has 0 bridgehead atoms. The Hall–Kier alpha value is -2.16. The van der Waals surface area contributed by atoms with Gasteiger partial charge in [0.15, 0.2) is 0 Å². The summed E-state index contributed by atoms with van der Waals surface area (Å²) in [5, 5.41) is 2.64. The zero-order valence-electron chi connectivity index (χ0n) is 17.0. The standard InChI is InChI=1S/C20H31N3O5/c1-21-17-13-16(27-12-8-23(3)7-11-25-4)14-18(19(17)20(24)22-2)28-15-5-9-26-10-6-15/h13-15H,1,5-12H2,2-4H3,(H,22,24). The highest BCUT2D eigenvalue weighted by Crippen LogP contribution is 2.35. The van der Waals surface area contributed by atoms with Gasteiger partial charge in [-0.25, -0.2) is 0 Å². The summed E-state index contributed by atoms with van der Waals surface area (Å²) in [5.41, 5.74) is 0.806. The topological polar surface area (TPSA) is 81.6 Å². The molecule has 1 saturated heterocycles. The third kappa shape index (κ3) is 6.47. The Balaban J connectivity index is 2.15. The van der Waals surface area contributed by atoms with E-state index in [0.717, 1.165) is 25.9 Å². The molecular formula is C20H31N3O5. The minimum atomic E-state index is -0.268. The number of rotatable bonds is 11. The largest absolute Gasteiger partial charge is 0.492 e. The summed E-state index contributed by atoms with van der Waals surface area (Å²) in [5.74, 6) is 0.784. The van der Waals surface area contributed by atoms with Crippen LogP contribution in [0, 0.1) is 0 Å². The maximum atomic E-state index is 12.4. The molecule has 1 amide bonds. The molecule has 28 heavy (non-hydrogen) atoms. The number of likely N-dealkylation sites (N-methyl/N-ethyl adjacent to an activating group) is 1. The van der Waals surface area contributed by atoms with E-state index in [1.807, 2.05) is 7.05 Å². The minimum Gasteiger partial charge on any atom is -0.492 e. The van der Waals surface area contributed by atoms with Gasteiger partial charge in [0.25, 0.3) is 5.91 Å². The van der Waals surface area contributed by atoms with Gasteiger partial charge < -0.3 is 29.2 Å². The van der Waals surface area contributed by atoms with Crippen LogP contribution < -0.4 is 14.8 Å². The number of nitrogens with zero attached hydrogens (tertiary/aromatic N) is 2. The zero-order chi connectivity index (χ0) is 20.4. The molecule has 156 valence electrons. The number of ether oxygens (including phenoxy) is 4. The summed E-state index contributed by atoms with van der Waals surface area (Å²) >= 11 is 0. The van der Waals surface area contributed by atoms with Gasteiger partial charge in [0.05, 0.1) is 25.5 Å². The van der Waals surface area contributed by atoms with E-state index in [1.54, 1.807) is 26.3 Å². The van der Waals surface area contributed by atoms with Gasteiger partial charge in [0.1, 0.15) is 29.8 Å². The van der Waals surface area contributed by atoms with Crippen LogP contribution in [-0.4, -0.2) is 84.4 Å². The van der Waals surface area contributed by atoms with Crippen molar-refractivity contribution in [2.45, 2.75) is 18.9 Å². The Bertz CT molecular complexity index is 647. The number of nitrogens with one attached hydrogen (secondary N) is 1. The molecule has 1 aliphatic rings. The van der Waals surface area contributed by atoms with E-state index in [4.69, 9.17) is 18.9 Å². The number of carbonyl (C=O) groups excluding carboxylic acids is 1. The Labute approximate surface area is 166 Å². The van der Waals surface area contributed by atoms with Crippen molar-refractivity contribution in [2.75, 3.05) is 60.7 Å². The molecule has 1 heterocycles. The fraction of sp³-hybridized carbons (Fsp3) is 0.600. The molecule has 1 aromatic rings. The molecule has 1 aromatic carbocycles. The van der Waals surface area contributed by atoms with Crippen LogP contribution >= 0.6 is 0 Å². The predicted molar refractivity (Wildman–Crippen MR) is 108 cm³/mol. The summed E-state index contributed by atoms with van der Waals surface area (Å²) in [4.78, 5) is 18.5. The summed E-state index contributed by atoms with van der Waals surface area (Å²) in [6, 6.07) is 3.47. The SMILES string of the molecule is C=Nc1cc(OCCN(C)CCOC)cc(OC2CCOCC2)c1C(=O)NC. The Morgan fingerprint density at radius 3 is 2.68 bits per heavy atom. The van der Waals surface area contributed by atoms with E-state index in [9.17, 15) is 4.79 Å². The summed E-state index contributed by atoms with van der Waals surface area (Å²) < 4.78 is 22.5. The van der Waals surface area contributed by atoms with Crippen molar-refractivity contribution >= 4 is 18.3 Å². The highest BCUT2D eigenvalue weighted by molar-refractivity contribution is 6.02. The second-order valence-corrected chi connectivity index (χ2v) is 6.63. The van der Waals surface area contributed by atoms with Crippen molar-refractivity contribution in [3.63, 3.8) is 0 Å². The first kappa shape index (κ1) is 22.1. The van der Waals surface area contributed by atoms with E-state index in [0.29, 0.717) is 49.2 Å². The lowest BCUT2D eigenvalue weighted by atomic mass is 10.1. The van der Waals surface area contributed by atoms with Crippen molar-refractivity contribution in [1.82, 2.24) is 10.2 Å². The molecule has 1 fully saturated rings. The molecule has 0 aliphatic carbocycles. The first-order valence-corrected chi connectivity index (χ1v) is 9.50. The highest BCUT2D eigenvalue weighted by atomic mass is 16.5. The molecule has 1 N–H and O–H groups in total. The van der Waals surface area contributed by atoms with Crippen molar-refractivity contribution in [2.24, 2.45) is 4.99 Å². The predicted octanol–water partition coefficient (Wildman–Crippen LogP) is 1.89. The number of hydrogen-bond donors (Lipinski definition) is 1. The number of aliphatic imine (C=N–C) groups is 1. The van der Waals surface area contributed by atoms with E-state index in [2.05, 4.69) is 21.9 Å². The van der Waals surface area contributed by atoms with Crippen molar-refractivity contribution in [3.05, 3.63) is 17.7 Å². The van der Waals surface area contributed by atoms with Crippen molar-refractivity contribution in [3.8, 4) is 11.5 Å². The Morgan fingerprint density at radius 1 is 1.32 bits per heavy atom. The van der Waals surface area contributed by atoms with Crippen LogP contribution in [0.5, 0.6) is 11.5 Å². The lowest BCUT2D eigenvalue weighted by molar-refractivity contribution is 0.0251. The summed E-state index contributed by atoms with van der Waals surface area (Å²) in [7, 11) is 5.27. The molecule has 0 aromatic heterocycles. The van der Waals surface area contributed by atoms with Gasteiger partial charge in [-0.05, 0) is 13.8 Å². The van der Waals surface area contributed by atoms with Crippen LogP contribution in [0.25, 0.3) is 0 Å². The number of benzene rings is 1. The summed E-state index contributed by atoms with van der Waals surface area (Å²) in [6.45, 7) is 7.63. The summed E-state index contributed by atoms with van der Waals surface area (Å²) in [6.07, 6.45) is 1.55. The number of amides is 1. The van der Waals surface area contributed by atoms with E-state index in [-0.39, 0.29) is 12.0 Å². The molecule has 8 heteroatoms. The van der Waals surface area contributed by atoms with Gasteiger partial charge >= 0.3 is 0 Å². The van der Waals surface area contributed by atoms with Crippen LogP contribution in [0.4, 0.5) is 5.69 Å². The van der Waals surface area contributed by atoms with Crippen LogP contribution in [0.3, 0.4) is 0 Å². The molecule has 0 spiro atoms. The molecule has 2 rings (SSSR count). The van der Waals surface area contributed by atoms with E-state index < -0.39 is 0 Å². The number of methoxy groups -OCH3 is 1. The average Bonchev–Trinajstić information content (AvgIpc) is 2.72. The highest BCUT2D eigenvalue weighted by Gasteiger charge is 2.23. The molecule has 1 aliphatic heterocycles. The van der Waals surface area contributed by atoms with Crippen molar-refractivity contribution in [1.29, 1.82) is 0 Å². The molecule has 0 atom stereocenters. The van der Waals surface area contributed by atoms with Crippen LogP contribution in [0.1, 0.15) is 23.2 Å². The lowest BCUT2D eigenvalue weighted by Gasteiger charge is -2.25. The van der Waals surface area contributed by atoms with Crippen LogP contribution in [0.2, 0.25) is 0 Å². The molecule has 0 unspecified atom stereocenters. The first-order valence-electron chi connectivity index (χ1n) is 9.50. The maximum absolute atomic E-state index is 12.4. The van der Waals surface area contributed by atoms with E-state index in [1.165, 1.54) is 0 Å². The average molecular weight is 393 g/mol. The molecule has 0 radical (unpaired) electrons. The van der Waals surface area contributed by atoms with Gasteiger partial charge in [-0.1, -0.05) is 0 Å². The van der Waals surface area contributed by atoms with Gasteiger partial charge in [-0.3, -0.25) is 9.79 Å². The Kier molecular flexibility index (Phi) is 9.19. The molecule has 8 nitrogen and oxygen atoms in total.